The molecule has 0 aliphatic heterocycles. The molecular weight excluding hydrogens is 224 g/mol. The minimum absolute atomic E-state index is 0.413. The number of rotatable bonds is 6. The molecule has 18 heavy (non-hydrogen) atoms. The largest absolute Gasteiger partial charge is 0.300 e. The highest BCUT2D eigenvalue weighted by Gasteiger charge is 2.14. The Hall–Kier alpha value is -0.660. The van der Waals surface area contributed by atoms with Crippen LogP contribution in [0.5, 0.6) is 0 Å². The van der Waals surface area contributed by atoms with Gasteiger partial charge in [0, 0.05) is 25.7 Å². The number of hydrogen-bond donors (Lipinski definition) is 0. The van der Waals surface area contributed by atoms with Crippen molar-refractivity contribution in [1.29, 1.82) is 0 Å². The number of carbonyl (C=O) groups excluding carboxylic acids is 2. The number of hydrogen-bond acceptors (Lipinski definition) is 2. The minimum Gasteiger partial charge on any atom is -0.300 e. The molecule has 1 atom stereocenters. The molecule has 0 bridgehead atoms. The van der Waals surface area contributed by atoms with E-state index >= 15 is 0 Å². The molecule has 1 aliphatic carbocycles. The topological polar surface area (TPSA) is 34.1 Å². The Balaban J connectivity index is 0.000000327. The van der Waals surface area contributed by atoms with Gasteiger partial charge < -0.3 is 0 Å². The summed E-state index contributed by atoms with van der Waals surface area (Å²) in [4.78, 5) is 21.4. The van der Waals surface area contributed by atoms with Crippen LogP contribution in [0, 0.1) is 5.92 Å². The number of ketones is 2. The summed E-state index contributed by atoms with van der Waals surface area (Å²) < 4.78 is 0. The van der Waals surface area contributed by atoms with E-state index in [1.54, 1.807) is 0 Å². The van der Waals surface area contributed by atoms with Gasteiger partial charge in [0.2, 0.25) is 0 Å². The number of carbonyl (C=O) groups is 2. The monoisotopic (exact) mass is 254 g/mol. The molecule has 0 aromatic heterocycles. The Labute approximate surface area is 113 Å². The van der Waals surface area contributed by atoms with Crippen molar-refractivity contribution < 1.29 is 9.59 Å². The fourth-order valence-corrected chi connectivity index (χ4v) is 2.17. The lowest BCUT2D eigenvalue weighted by Crippen LogP contribution is -2.11. The average Bonchev–Trinajstić information content (AvgIpc) is 2.35. The second kappa shape index (κ2) is 11.4. The van der Waals surface area contributed by atoms with Gasteiger partial charge in [-0.25, -0.2) is 0 Å². The van der Waals surface area contributed by atoms with E-state index in [2.05, 4.69) is 13.8 Å². The third kappa shape index (κ3) is 10.5. The molecule has 0 saturated heterocycles. The standard InChI is InChI=1S/C9H18O.C7H12O/c1-3-5-6-7-8-9(10)4-2;1-6-3-2-4-7(8)5-6/h3-8H2,1-2H3;6H,2-5H2,1H3. The third-order valence-corrected chi connectivity index (χ3v) is 3.43. The molecule has 1 aliphatic rings. The van der Waals surface area contributed by atoms with E-state index in [1.807, 2.05) is 6.92 Å². The molecule has 0 heterocycles. The summed E-state index contributed by atoms with van der Waals surface area (Å²) in [6.45, 7) is 6.26. The fourth-order valence-electron chi connectivity index (χ4n) is 2.17. The Morgan fingerprint density at radius 1 is 1.22 bits per heavy atom. The summed E-state index contributed by atoms with van der Waals surface area (Å²) in [6.07, 6.45) is 10.4. The maximum absolute atomic E-state index is 10.8. The van der Waals surface area contributed by atoms with Gasteiger partial charge in [-0.3, -0.25) is 9.59 Å². The van der Waals surface area contributed by atoms with Crippen molar-refractivity contribution in [2.45, 2.75) is 85.0 Å². The van der Waals surface area contributed by atoms with E-state index in [4.69, 9.17) is 0 Å². The summed E-state index contributed by atoms with van der Waals surface area (Å²) >= 11 is 0. The predicted molar refractivity (Wildman–Crippen MR) is 76.7 cm³/mol. The second-order valence-electron chi connectivity index (χ2n) is 5.44. The van der Waals surface area contributed by atoms with Gasteiger partial charge in [0.1, 0.15) is 11.6 Å². The first-order valence-corrected chi connectivity index (χ1v) is 7.63. The highest BCUT2D eigenvalue weighted by atomic mass is 16.1. The molecule has 0 aromatic rings. The van der Waals surface area contributed by atoms with Crippen LogP contribution in [0.25, 0.3) is 0 Å². The van der Waals surface area contributed by atoms with E-state index in [9.17, 15) is 9.59 Å². The van der Waals surface area contributed by atoms with Crippen molar-refractivity contribution in [3.05, 3.63) is 0 Å². The second-order valence-corrected chi connectivity index (χ2v) is 5.44. The van der Waals surface area contributed by atoms with Crippen LogP contribution in [-0.4, -0.2) is 11.6 Å². The molecule has 2 heteroatoms. The molecule has 1 fully saturated rings. The lowest BCUT2D eigenvalue weighted by Gasteiger charge is -2.14. The summed E-state index contributed by atoms with van der Waals surface area (Å²) in [7, 11) is 0. The first-order chi connectivity index (χ1) is 8.60. The van der Waals surface area contributed by atoms with Crippen LogP contribution in [0.3, 0.4) is 0 Å². The van der Waals surface area contributed by atoms with Gasteiger partial charge in [-0.15, -0.1) is 0 Å². The van der Waals surface area contributed by atoms with Crippen molar-refractivity contribution in [2.24, 2.45) is 5.92 Å². The van der Waals surface area contributed by atoms with Crippen molar-refractivity contribution >= 4 is 11.6 Å². The highest BCUT2D eigenvalue weighted by Crippen LogP contribution is 2.19. The van der Waals surface area contributed by atoms with Crippen LogP contribution < -0.4 is 0 Å². The van der Waals surface area contributed by atoms with E-state index < -0.39 is 0 Å². The summed E-state index contributed by atoms with van der Waals surface area (Å²) in [5.74, 6) is 1.54. The lowest BCUT2D eigenvalue weighted by atomic mass is 9.90. The van der Waals surface area contributed by atoms with E-state index in [0.29, 0.717) is 23.9 Å². The van der Waals surface area contributed by atoms with E-state index in [-0.39, 0.29) is 0 Å². The van der Waals surface area contributed by atoms with Crippen molar-refractivity contribution in [3.63, 3.8) is 0 Å². The fraction of sp³-hybridized carbons (Fsp3) is 0.875. The summed E-state index contributed by atoms with van der Waals surface area (Å²) in [5.41, 5.74) is 0. The quantitative estimate of drug-likeness (QED) is 0.644. The molecular formula is C16H30O2. The molecule has 0 radical (unpaired) electrons. The van der Waals surface area contributed by atoms with Crippen LogP contribution in [0.1, 0.15) is 85.0 Å². The highest BCUT2D eigenvalue weighted by molar-refractivity contribution is 5.79. The van der Waals surface area contributed by atoms with Gasteiger partial charge in [0.15, 0.2) is 0 Å². The van der Waals surface area contributed by atoms with Gasteiger partial charge in [-0.1, -0.05) is 40.0 Å². The minimum atomic E-state index is 0.413. The zero-order chi connectivity index (χ0) is 13.8. The SMILES string of the molecule is CC1CCCC(=O)C1.CCCCCCC(=O)CC. The maximum atomic E-state index is 10.8. The Morgan fingerprint density at radius 3 is 2.39 bits per heavy atom. The summed E-state index contributed by atoms with van der Waals surface area (Å²) in [5, 5.41) is 0. The molecule has 2 nitrogen and oxygen atoms in total. The van der Waals surface area contributed by atoms with Gasteiger partial charge >= 0.3 is 0 Å². The van der Waals surface area contributed by atoms with Gasteiger partial charge in [0.25, 0.3) is 0 Å². The molecule has 1 saturated carbocycles. The van der Waals surface area contributed by atoms with Gasteiger partial charge in [-0.05, 0) is 25.2 Å². The normalized spacial score (nSPS) is 19.1. The first kappa shape index (κ1) is 17.3. The molecule has 0 aromatic carbocycles. The zero-order valence-electron chi connectivity index (χ0n) is 12.5. The van der Waals surface area contributed by atoms with Crippen molar-refractivity contribution in [3.8, 4) is 0 Å². The Kier molecular flexibility index (Phi) is 11.0. The third-order valence-electron chi connectivity index (χ3n) is 3.43. The van der Waals surface area contributed by atoms with Crippen molar-refractivity contribution in [1.82, 2.24) is 0 Å². The molecule has 106 valence electrons. The summed E-state index contributed by atoms with van der Waals surface area (Å²) in [6, 6.07) is 0. The van der Waals surface area contributed by atoms with Crippen molar-refractivity contribution in [2.75, 3.05) is 0 Å². The number of unbranched alkanes of at least 4 members (excludes halogenated alkanes) is 3. The van der Waals surface area contributed by atoms with E-state index in [1.165, 1.54) is 25.7 Å². The van der Waals surface area contributed by atoms with E-state index in [0.717, 1.165) is 32.1 Å². The Bertz CT molecular complexity index is 233. The molecule has 0 spiro atoms. The molecule has 0 N–H and O–H groups in total. The van der Waals surface area contributed by atoms with Crippen LogP contribution in [0.15, 0.2) is 0 Å². The van der Waals surface area contributed by atoms with Gasteiger partial charge in [-0.2, -0.15) is 0 Å². The molecule has 0 amide bonds. The Morgan fingerprint density at radius 2 is 1.94 bits per heavy atom. The zero-order valence-corrected chi connectivity index (χ0v) is 12.5. The first-order valence-electron chi connectivity index (χ1n) is 7.63. The smallest absolute Gasteiger partial charge is 0.133 e. The predicted octanol–water partition coefficient (Wildman–Crippen LogP) is 4.70. The van der Waals surface area contributed by atoms with Crippen LogP contribution in [0.2, 0.25) is 0 Å². The molecule has 1 unspecified atom stereocenters. The molecule has 1 rings (SSSR count). The van der Waals surface area contributed by atoms with Crippen LogP contribution >= 0.6 is 0 Å². The van der Waals surface area contributed by atoms with Crippen LogP contribution in [0.4, 0.5) is 0 Å². The number of Topliss-reactive ketones (excluding diaryl/α,β-unsaturated/α-hetero) is 2. The maximum Gasteiger partial charge on any atom is 0.133 e. The van der Waals surface area contributed by atoms with Gasteiger partial charge in [0.05, 0.1) is 0 Å². The lowest BCUT2D eigenvalue weighted by molar-refractivity contribution is -0.121. The van der Waals surface area contributed by atoms with Crippen LogP contribution in [-0.2, 0) is 9.59 Å². The average molecular weight is 254 g/mol.